The number of aromatic hydroxyl groups is 1. The molecule has 0 saturated heterocycles. The molecule has 0 saturated carbocycles. The molecular formula is C28H20N7O8S2+. The highest BCUT2D eigenvalue weighted by Crippen LogP contribution is 2.43. The fraction of sp³-hybridized carbons (Fsp3) is 0.0357. The lowest BCUT2D eigenvalue weighted by molar-refractivity contribution is -0.117. The van der Waals surface area contributed by atoms with Crippen molar-refractivity contribution in [1.29, 1.82) is 5.39 Å². The number of carbonyl (C=O) groups is 1. The molecule has 45 heavy (non-hydrogen) atoms. The Labute approximate surface area is 254 Å². The molecule has 0 bridgehead atoms. The van der Waals surface area contributed by atoms with Gasteiger partial charge in [-0.1, -0.05) is 18.2 Å². The summed E-state index contributed by atoms with van der Waals surface area (Å²) < 4.78 is 67.6. The number of azo groups is 2. The molecule has 15 nitrogen and oxygen atoms in total. The summed E-state index contributed by atoms with van der Waals surface area (Å²) in [6.45, 7) is 0. The van der Waals surface area contributed by atoms with Crippen LogP contribution < -0.4 is 5.73 Å². The molecule has 0 aliphatic heterocycles. The first kappa shape index (κ1) is 30.8. The van der Waals surface area contributed by atoms with Crippen LogP contribution in [0.4, 0.5) is 28.4 Å². The van der Waals surface area contributed by atoms with Gasteiger partial charge >= 0.3 is 5.69 Å². The molecule has 0 aromatic heterocycles. The number of phenolic OH excluding ortho intramolecular Hbond substituents is 1. The summed E-state index contributed by atoms with van der Waals surface area (Å²) in [5, 5.41) is 37.0. The number of hydrogen-bond donors (Lipinski definition) is 4. The zero-order chi connectivity index (χ0) is 32.5. The fourth-order valence-electron chi connectivity index (χ4n) is 4.41. The van der Waals surface area contributed by atoms with Gasteiger partial charge in [0, 0.05) is 28.3 Å². The molecular weight excluding hydrogens is 626 g/mol. The number of nitrogens with two attached hydrogens (primary N) is 1. The molecule has 0 radical (unpaired) electrons. The summed E-state index contributed by atoms with van der Waals surface area (Å²) in [4.78, 5) is 13.0. The minimum atomic E-state index is -4.91. The number of phenols is 1. The van der Waals surface area contributed by atoms with E-state index in [0.29, 0.717) is 11.3 Å². The first-order valence-electron chi connectivity index (χ1n) is 12.6. The number of nitrogens with zero attached hydrogens (tertiary/aromatic N) is 6. The summed E-state index contributed by atoms with van der Waals surface area (Å²) in [5.74, 6) is -1.18. The van der Waals surface area contributed by atoms with Crippen LogP contribution in [0.15, 0.2) is 109 Å². The second-order valence-corrected chi connectivity index (χ2v) is 12.4. The topological polar surface area (TPSA) is 250 Å². The van der Waals surface area contributed by atoms with Crippen LogP contribution in [0, 0.1) is 5.39 Å². The SMILES string of the molecule is N#[N+]c1ccc2cc(S(=O)(=O)O)c(N=Nc3ccc(N=Nc4ccc(CC(N)=O)cc4)c4cc(S(=O)(=O)O)ccc34)c(O)c2c1. The van der Waals surface area contributed by atoms with E-state index in [0.717, 1.165) is 18.2 Å². The van der Waals surface area contributed by atoms with Gasteiger partial charge in [0.1, 0.15) is 10.6 Å². The maximum Gasteiger partial charge on any atom is 0.385 e. The van der Waals surface area contributed by atoms with Crippen molar-refractivity contribution in [2.45, 2.75) is 16.2 Å². The van der Waals surface area contributed by atoms with Crippen LogP contribution in [0.3, 0.4) is 0 Å². The van der Waals surface area contributed by atoms with Crippen LogP contribution in [0.25, 0.3) is 26.5 Å². The third-order valence-electron chi connectivity index (χ3n) is 6.52. The summed E-state index contributed by atoms with van der Waals surface area (Å²) in [7, 11) is -9.54. The molecule has 5 aromatic rings. The Kier molecular flexibility index (Phi) is 8.06. The van der Waals surface area contributed by atoms with E-state index in [1.54, 1.807) is 24.3 Å². The maximum atomic E-state index is 12.2. The number of carbonyl (C=O) groups excluding carboxylic acids is 1. The average Bonchev–Trinajstić information content (AvgIpc) is 2.98. The zero-order valence-corrected chi connectivity index (χ0v) is 24.3. The van der Waals surface area contributed by atoms with Crippen LogP contribution in [-0.2, 0) is 31.5 Å². The Balaban J connectivity index is 1.64. The molecule has 5 rings (SSSR count). The molecule has 17 heteroatoms. The average molecular weight is 647 g/mol. The molecule has 5 aromatic carbocycles. The Morgan fingerprint density at radius 2 is 1.42 bits per heavy atom. The summed E-state index contributed by atoms with van der Waals surface area (Å²) >= 11 is 0. The Hall–Kier alpha value is -5.67. The van der Waals surface area contributed by atoms with Gasteiger partial charge < -0.3 is 10.8 Å². The minimum Gasteiger partial charge on any atom is -0.505 e. The first-order chi connectivity index (χ1) is 21.2. The van der Waals surface area contributed by atoms with Crippen LogP contribution in [0.2, 0.25) is 0 Å². The molecule has 0 heterocycles. The van der Waals surface area contributed by atoms with Gasteiger partial charge in [-0.05, 0) is 59.5 Å². The summed E-state index contributed by atoms with van der Waals surface area (Å²) in [5.41, 5.74) is 5.91. The smallest absolute Gasteiger partial charge is 0.385 e. The molecule has 1 amide bonds. The van der Waals surface area contributed by atoms with Crippen LogP contribution in [0.1, 0.15) is 5.56 Å². The minimum absolute atomic E-state index is 0.0404. The molecule has 226 valence electrons. The molecule has 0 aliphatic carbocycles. The number of diazo groups is 1. The van der Waals surface area contributed by atoms with Gasteiger partial charge in [-0.25, -0.2) is 0 Å². The number of rotatable bonds is 8. The number of benzene rings is 5. The van der Waals surface area contributed by atoms with Gasteiger partial charge in [0.15, 0.2) is 10.7 Å². The van der Waals surface area contributed by atoms with E-state index in [9.17, 15) is 35.8 Å². The first-order valence-corrected chi connectivity index (χ1v) is 15.5. The van der Waals surface area contributed by atoms with Crippen molar-refractivity contribution in [3.8, 4) is 5.75 Å². The van der Waals surface area contributed by atoms with E-state index in [1.807, 2.05) is 0 Å². The van der Waals surface area contributed by atoms with Gasteiger partial charge in [0.25, 0.3) is 20.2 Å². The third kappa shape index (κ3) is 6.63. The molecule has 0 atom stereocenters. The summed E-state index contributed by atoms with van der Waals surface area (Å²) in [6, 6.07) is 17.9. The van der Waals surface area contributed by atoms with Crippen molar-refractivity contribution < 1.29 is 35.8 Å². The van der Waals surface area contributed by atoms with Crippen molar-refractivity contribution in [1.82, 2.24) is 0 Å². The lowest BCUT2D eigenvalue weighted by Crippen LogP contribution is -2.13. The van der Waals surface area contributed by atoms with E-state index in [1.165, 1.54) is 36.4 Å². The van der Waals surface area contributed by atoms with E-state index in [-0.39, 0.29) is 45.0 Å². The van der Waals surface area contributed by atoms with Crippen molar-refractivity contribution in [3.05, 3.63) is 89.4 Å². The number of fused-ring (bicyclic) bond motifs is 2. The van der Waals surface area contributed by atoms with Gasteiger partial charge in [-0.3, -0.25) is 13.9 Å². The van der Waals surface area contributed by atoms with Gasteiger partial charge in [0.2, 0.25) is 11.3 Å². The number of primary amides is 1. The van der Waals surface area contributed by atoms with Crippen LogP contribution in [0.5, 0.6) is 5.75 Å². The second-order valence-electron chi connectivity index (χ2n) is 9.55. The maximum absolute atomic E-state index is 12.2. The quantitative estimate of drug-likeness (QED) is 0.0810. The number of amides is 1. The molecule has 5 N–H and O–H groups in total. The van der Waals surface area contributed by atoms with Crippen molar-refractivity contribution in [2.24, 2.45) is 26.2 Å². The molecule has 0 fully saturated rings. The molecule has 0 spiro atoms. The standard InChI is InChI=1S/C28H19N7O8S2/c29-26(36)11-15-1-4-17(5-2-15)32-33-24-10-9-23(20-8-7-19(14-22(20)24)44(38,39)40)34-35-27-25(45(41,42)43)12-16-3-6-18(31-30)13-21(16)28(27)37/h1-10,12-14H,11H2,(H4-,29,32,34,36,37,38,39,40,41,42,43)/p+1. The van der Waals surface area contributed by atoms with Crippen molar-refractivity contribution in [2.75, 3.05) is 0 Å². The highest BCUT2D eigenvalue weighted by atomic mass is 32.2. The Morgan fingerprint density at radius 1 is 0.756 bits per heavy atom. The predicted octanol–water partition coefficient (Wildman–Crippen LogP) is 6.54. The Bertz CT molecular complexity index is 2350. The normalized spacial score (nSPS) is 12.3. The third-order valence-corrected chi connectivity index (χ3v) is 8.23. The zero-order valence-electron chi connectivity index (χ0n) is 22.7. The predicted molar refractivity (Wildman–Crippen MR) is 162 cm³/mol. The highest BCUT2D eigenvalue weighted by molar-refractivity contribution is 7.86. The fourth-order valence-corrected chi connectivity index (χ4v) is 5.58. The van der Waals surface area contributed by atoms with Gasteiger partial charge in [0.05, 0.1) is 28.4 Å². The molecule has 0 unspecified atom stereocenters. The summed E-state index contributed by atoms with van der Waals surface area (Å²) in [6.07, 6.45) is 0.0404. The van der Waals surface area contributed by atoms with Crippen LogP contribution in [-0.4, -0.2) is 37.0 Å². The monoisotopic (exact) mass is 646 g/mol. The van der Waals surface area contributed by atoms with E-state index >= 15 is 0 Å². The van der Waals surface area contributed by atoms with Crippen LogP contribution >= 0.6 is 0 Å². The van der Waals surface area contributed by atoms with Gasteiger partial charge in [-0.15, -0.1) is 15.3 Å². The largest absolute Gasteiger partial charge is 0.505 e. The second kappa shape index (κ2) is 11.8. The van der Waals surface area contributed by atoms with E-state index in [2.05, 4.69) is 25.4 Å². The van der Waals surface area contributed by atoms with Crippen molar-refractivity contribution >= 4 is 76.1 Å². The van der Waals surface area contributed by atoms with Gasteiger partial charge in [-0.2, -0.15) is 21.9 Å². The van der Waals surface area contributed by atoms with E-state index < -0.39 is 47.4 Å². The lowest BCUT2D eigenvalue weighted by Gasteiger charge is -2.09. The van der Waals surface area contributed by atoms with Crippen molar-refractivity contribution in [3.63, 3.8) is 0 Å². The molecule has 0 aliphatic rings. The highest BCUT2D eigenvalue weighted by Gasteiger charge is 2.23. The Morgan fingerprint density at radius 3 is 2.04 bits per heavy atom. The number of hydrogen-bond acceptors (Lipinski definition) is 11. The van der Waals surface area contributed by atoms with E-state index in [4.69, 9.17) is 11.1 Å². The lowest BCUT2D eigenvalue weighted by atomic mass is 10.1.